The van der Waals surface area contributed by atoms with Crippen molar-refractivity contribution < 1.29 is 9.59 Å². The number of anilines is 1. The Balaban J connectivity index is 1.49. The van der Waals surface area contributed by atoms with Crippen LogP contribution in [0.4, 0.5) is 10.5 Å². The Hall–Kier alpha value is -1.86. The van der Waals surface area contributed by atoms with Gasteiger partial charge in [-0.05, 0) is 53.2 Å². The minimum atomic E-state index is -0.0175. The highest BCUT2D eigenvalue weighted by molar-refractivity contribution is 9.10. The Morgan fingerprint density at radius 2 is 1.84 bits per heavy atom. The van der Waals surface area contributed by atoms with Gasteiger partial charge in [0.2, 0.25) is 0 Å². The number of thiophene rings is 1. The first-order valence-electron chi connectivity index (χ1n) is 8.14. The minimum absolute atomic E-state index is 0.0175. The third-order valence-electron chi connectivity index (χ3n) is 4.24. The summed E-state index contributed by atoms with van der Waals surface area (Å²) in [5.41, 5.74) is 1.82. The SMILES string of the molecule is CC(=O)c1ccc(N2CCN(C(=O)NCc3cc(Br)cs3)CC2)cc1. The highest BCUT2D eigenvalue weighted by Gasteiger charge is 2.21. The number of nitrogens with zero attached hydrogens (tertiary/aromatic N) is 2. The van der Waals surface area contributed by atoms with Crippen molar-refractivity contribution in [1.82, 2.24) is 10.2 Å². The second-order valence-corrected chi connectivity index (χ2v) is 7.88. The van der Waals surface area contributed by atoms with Crippen molar-refractivity contribution in [2.24, 2.45) is 0 Å². The molecule has 1 saturated heterocycles. The third kappa shape index (κ3) is 4.61. The Morgan fingerprint density at radius 1 is 1.16 bits per heavy atom. The van der Waals surface area contributed by atoms with Crippen LogP contribution in [-0.2, 0) is 6.54 Å². The fraction of sp³-hybridized carbons (Fsp3) is 0.333. The zero-order valence-electron chi connectivity index (χ0n) is 14.0. The van der Waals surface area contributed by atoms with E-state index in [9.17, 15) is 9.59 Å². The van der Waals surface area contributed by atoms with Crippen LogP contribution in [0.25, 0.3) is 0 Å². The second kappa shape index (κ2) is 8.01. The van der Waals surface area contributed by atoms with E-state index in [1.807, 2.05) is 40.6 Å². The summed E-state index contributed by atoms with van der Waals surface area (Å²) in [5.74, 6) is 0.0748. The first-order valence-corrected chi connectivity index (χ1v) is 9.82. The molecule has 1 aliphatic heterocycles. The summed E-state index contributed by atoms with van der Waals surface area (Å²) in [6.07, 6.45) is 0. The van der Waals surface area contributed by atoms with Gasteiger partial charge in [-0.1, -0.05) is 0 Å². The molecule has 2 aromatic rings. The number of benzene rings is 1. The molecule has 1 aromatic heterocycles. The van der Waals surface area contributed by atoms with Crippen molar-refractivity contribution >= 4 is 44.8 Å². The van der Waals surface area contributed by atoms with E-state index < -0.39 is 0 Å². The second-order valence-electron chi connectivity index (χ2n) is 5.97. The van der Waals surface area contributed by atoms with E-state index in [0.717, 1.165) is 33.7 Å². The van der Waals surface area contributed by atoms with Crippen LogP contribution in [0.3, 0.4) is 0 Å². The molecule has 0 radical (unpaired) electrons. The van der Waals surface area contributed by atoms with Gasteiger partial charge in [-0.2, -0.15) is 0 Å². The van der Waals surface area contributed by atoms with Crippen LogP contribution in [0.2, 0.25) is 0 Å². The van der Waals surface area contributed by atoms with Gasteiger partial charge in [0.05, 0.1) is 6.54 Å². The average molecular weight is 422 g/mol. The predicted octanol–water partition coefficient (Wildman–Crippen LogP) is 3.75. The maximum absolute atomic E-state index is 12.3. The number of nitrogens with one attached hydrogen (secondary N) is 1. The van der Waals surface area contributed by atoms with E-state index in [-0.39, 0.29) is 11.8 Å². The lowest BCUT2D eigenvalue weighted by Crippen LogP contribution is -2.51. The fourth-order valence-electron chi connectivity index (χ4n) is 2.80. The summed E-state index contributed by atoms with van der Waals surface area (Å²) in [6, 6.07) is 9.66. The Bertz CT molecular complexity index is 752. The number of carbonyl (C=O) groups excluding carboxylic acids is 2. The predicted molar refractivity (Wildman–Crippen MR) is 104 cm³/mol. The number of urea groups is 1. The molecule has 5 nitrogen and oxygen atoms in total. The number of carbonyl (C=O) groups is 2. The average Bonchev–Trinajstić information content (AvgIpc) is 3.05. The quantitative estimate of drug-likeness (QED) is 0.764. The number of ketones is 1. The Morgan fingerprint density at radius 3 is 2.40 bits per heavy atom. The van der Waals surface area contributed by atoms with Crippen LogP contribution in [0.15, 0.2) is 40.2 Å². The highest BCUT2D eigenvalue weighted by atomic mass is 79.9. The zero-order chi connectivity index (χ0) is 17.8. The zero-order valence-corrected chi connectivity index (χ0v) is 16.4. The molecule has 1 aromatic carbocycles. The number of Topliss-reactive ketones (excluding diaryl/α,β-unsaturated/α-hetero) is 1. The molecule has 3 rings (SSSR count). The molecule has 25 heavy (non-hydrogen) atoms. The van der Waals surface area contributed by atoms with Gasteiger partial charge in [0.1, 0.15) is 0 Å². The number of amides is 2. The van der Waals surface area contributed by atoms with Gasteiger partial charge in [-0.15, -0.1) is 11.3 Å². The number of rotatable bonds is 4. The van der Waals surface area contributed by atoms with Crippen LogP contribution in [-0.4, -0.2) is 42.9 Å². The minimum Gasteiger partial charge on any atom is -0.368 e. The molecule has 0 saturated carbocycles. The largest absolute Gasteiger partial charge is 0.368 e. The molecular weight excluding hydrogens is 402 g/mol. The third-order valence-corrected chi connectivity index (χ3v) is 5.94. The van der Waals surface area contributed by atoms with Gasteiger partial charge in [0.25, 0.3) is 0 Å². The van der Waals surface area contributed by atoms with Gasteiger partial charge >= 0.3 is 6.03 Å². The van der Waals surface area contributed by atoms with Crippen molar-refractivity contribution in [3.05, 3.63) is 50.6 Å². The van der Waals surface area contributed by atoms with Gasteiger partial charge in [0.15, 0.2) is 5.78 Å². The molecule has 2 heterocycles. The lowest BCUT2D eigenvalue weighted by Gasteiger charge is -2.36. The van der Waals surface area contributed by atoms with E-state index in [4.69, 9.17) is 0 Å². The highest BCUT2D eigenvalue weighted by Crippen LogP contribution is 2.20. The maximum atomic E-state index is 12.3. The summed E-state index contributed by atoms with van der Waals surface area (Å²) in [7, 11) is 0. The monoisotopic (exact) mass is 421 g/mol. The normalized spacial score (nSPS) is 14.5. The number of hydrogen-bond acceptors (Lipinski definition) is 4. The molecule has 0 unspecified atom stereocenters. The van der Waals surface area contributed by atoms with Crippen LogP contribution in [0.5, 0.6) is 0 Å². The van der Waals surface area contributed by atoms with Crippen LogP contribution < -0.4 is 10.2 Å². The molecule has 0 atom stereocenters. The maximum Gasteiger partial charge on any atom is 0.317 e. The molecular formula is C18H20BrN3O2S. The van der Waals surface area contributed by atoms with Crippen molar-refractivity contribution in [1.29, 1.82) is 0 Å². The molecule has 7 heteroatoms. The van der Waals surface area contributed by atoms with E-state index in [2.05, 4.69) is 26.1 Å². The van der Waals surface area contributed by atoms with E-state index in [0.29, 0.717) is 19.6 Å². The van der Waals surface area contributed by atoms with Gasteiger partial charge in [-0.25, -0.2) is 4.79 Å². The summed E-state index contributed by atoms with van der Waals surface area (Å²) < 4.78 is 1.05. The van der Waals surface area contributed by atoms with Crippen LogP contribution in [0, 0.1) is 0 Å². The van der Waals surface area contributed by atoms with E-state index in [1.54, 1.807) is 18.3 Å². The number of halogens is 1. The lowest BCUT2D eigenvalue weighted by atomic mass is 10.1. The van der Waals surface area contributed by atoms with E-state index in [1.165, 1.54) is 0 Å². The molecule has 1 aliphatic rings. The lowest BCUT2D eigenvalue weighted by molar-refractivity contribution is 0.101. The van der Waals surface area contributed by atoms with Crippen LogP contribution in [0.1, 0.15) is 22.2 Å². The topological polar surface area (TPSA) is 52.7 Å². The van der Waals surface area contributed by atoms with Crippen molar-refractivity contribution in [3.63, 3.8) is 0 Å². The summed E-state index contributed by atoms with van der Waals surface area (Å²) in [6.45, 7) is 5.08. The summed E-state index contributed by atoms with van der Waals surface area (Å²) >= 11 is 5.05. The van der Waals surface area contributed by atoms with Crippen LogP contribution >= 0.6 is 27.3 Å². The standard InChI is InChI=1S/C18H20BrN3O2S/c1-13(23)14-2-4-16(5-3-14)21-6-8-22(9-7-21)18(24)20-11-17-10-15(19)12-25-17/h2-5,10,12H,6-9,11H2,1H3,(H,20,24). The Labute approximate surface area is 159 Å². The molecule has 0 spiro atoms. The first-order chi connectivity index (χ1) is 12.0. The van der Waals surface area contributed by atoms with Crippen molar-refractivity contribution in [3.8, 4) is 0 Å². The molecule has 132 valence electrons. The van der Waals surface area contributed by atoms with Crippen molar-refractivity contribution in [2.75, 3.05) is 31.1 Å². The van der Waals surface area contributed by atoms with Crippen molar-refractivity contribution in [2.45, 2.75) is 13.5 Å². The number of piperazine rings is 1. The summed E-state index contributed by atoms with van der Waals surface area (Å²) in [4.78, 5) is 28.9. The molecule has 1 N–H and O–H groups in total. The smallest absolute Gasteiger partial charge is 0.317 e. The molecule has 0 bridgehead atoms. The van der Waals surface area contributed by atoms with Gasteiger partial charge in [0, 0.05) is 52.2 Å². The molecule has 0 aliphatic carbocycles. The fourth-order valence-corrected chi connectivity index (χ4v) is 4.19. The molecule has 2 amide bonds. The Kier molecular flexibility index (Phi) is 5.75. The summed E-state index contributed by atoms with van der Waals surface area (Å²) in [5, 5.41) is 4.99. The first kappa shape index (κ1) is 17.9. The molecule has 1 fully saturated rings. The van der Waals surface area contributed by atoms with Gasteiger partial charge in [-0.3, -0.25) is 4.79 Å². The number of hydrogen-bond donors (Lipinski definition) is 1. The van der Waals surface area contributed by atoms with E-state index >= 15 is 0 Å². The van der Waals surface area contributed by atoms with Gasteiger partial charge < -0.3 is 15.1 Å².